The molecule has 0 aliphatic carbocycles. The number of benzene rings is 1. The van der Waals surface area contributed by atoms with Crippen LogP contribution in [0.25, 0.3) is 0 Å². The number of aryl methyl sites for hydroxylation is 2. The summed E-state index contributed by atoms with van der Waals surface area (Å²) in [6, 6.07) is 5.61. The first-order valence-electron chi connectivity index (χ1n) is 5.22. The number of nitrogens with two attached hydrogens (primary N) is 1. The van der Waals surface area contributed by atoms with Crippen molar-refractivity contribution in [2.24, 2.45) is 0 Å². The van der Waals surface area contributed by atoms with E-state index in [9.17, 15) is 4.21 Å². The van der Waals surface area contributed by atoms with Gasteiger partial charge in [0, 0.05) is 16.8 Å². The topological polar surface area (TPSA) is 56.0 Å². The molecule has 0 spiro atoms. The third-order valence-electron chi connectivity index (χ3n) is 2.33. The molecule has 0 bridgehead atoms. The Hall–Kier alpha value is -1.20. The van der Waals surface area contributed by atoms with Gasteiger partial charge in [-0.3, -0.25) is 4.21 Å². The Morgan fingerprint density at radius 2 is 2.18 bits per heavy atom. The maximum absolute atomic E-state index is 12.2. The van der Waals surface area contributed by atoms with Gasteiger partial charge in [-0.1, -0.05) is 6.07 Å². The third-order valence-corrected chi connectivity index (χ3v) is 4.88. The van der Waals surface area contributed by atoms with E-state index >= 15 is 0 Å². The second-order valence-corrected chi connectivity index (χ2v) is 6.28. The van der Waals surface area contributed by atoms with Crippen LogP contribution >= 0.6 is 11.3 Å². The molecule has 1 unspecified atom stereocenters. The summed E-state index contributed by atoms with van der Waals surface area (Å²) in [6.07, 6.45) is 0. The summed E-state index contributed by atoms with van der Waals surface area (Å²) in [7, 11) is -1.12. The van der Waals surface area contributed by atoms with E-state index in [1.54, 1.807) is 0 Å². The number of nitrogen functional groups attached to an aromatic ring is 1. The van der Waals surface area contributed by atoms with Crippen molar-refractivity contribution in [1.82, 2.24) is 4.98 Å². The van der Waals surface area contributed by atoms with E-state index in [1.165, 1.54) is 11.3 Å². The van der Waals surface area contributed by atoms with E-state index in [0.29, 0.717) is 16.3 Å². The van der Waals surface area contributed by atoms with Crippen LogP contribution < -0.4 is 5.73 Å². The van der Waals surface area contributed by atoms with Crippen molar-refractivity contribution in [3.05, 3.63) is 39.8 Å². The highest BCUT2D eigenvalue weighted by atomic mass is 32.2. The number of anilines is 1. The predicted molar refractivity (Wildman–Crippen MR) is 72.6 cm³/mol. The molecule has 0 fully saturated rings. The summed E-state index contributed by atoms with van der Waals surface area (Å²) in [6.45, 7) is 3.90. The second kappa shape index (κ2) is 4.98. The Labute approximate surface area is 107 Å². The maximum atomic E-state index is 12.2. The normalized spacial score (nSPS) is 12.6. The van der Waals surface area contributed by atoms with Gasteiger partial charge < -0.3 is 5.73 Å². The van der Waals surface area contributed by atoms with E-state index in [4.69, 9.17) is 5.73 Å². The predicted octanol–water partition coefficient (Wildman–Crippen LogP) is 2.65. The van der Waals surface area contributed by atoms with Gasteiger partial charge in [-0.15, -0.1) is 11.3 Å². The van der Waals surface area contributed by atoms with Crippen LogP contribution in [-0.2, 0) is 16.6 Å². The number of hydrogen-bond acceptors (Lipinski definition) is 4. The molecule has 1 atom stereocenters. The average molecular weight is 266 g/mol. The minimum atomic E-state index is -1.12. The standard InChI is InChI=1S/C12H14N2OS2/c1-8-3-4-11(10(13)5-8)17(15)7-12-14-9(2)6-16-12/h3-6H,7,13H2,1-2H3. The zero-order valence-electron chi connectivity index (χ0n) is 9.77. The number of thiazole rings is 1. The van der Waals surface area contributed by atoms with Gasteiger partial charge in [0.15, 0.2) is 0 Å². The van der Waals surface area contributed by atoms with E-state index in [0.717, 1.165) is 16.3 Å². The highest BCUT2D eigenvalue weighted by molar-refractivity contribution is 7.84. The number of aromatic nitrogens is 1. The summed E-state index contributed by atoms with van der Waals surface area (Å²) >= 11 is 1.54. The average Bonchev–Trinajstić information content (AvgIpc) is 2.63. The first-order chi connectivity index (χ1) is 8.06. The van der Waals surface area contributed by atoms with Crippen LogP contribution in [0.3, 0.4) is 0 Å². The van der Waals surface area contributed by atoms with Crippen molar-refractivity contribution in [2.45, 2.75) is 24.5 Å². The van der Waals surface area contributed by atoms with Gasteiger partial charge >= 0.3 is 0 Å². The Balaban J connectivity index is 2.20. The SMILES string of the molecule is Cc1ccc(S(=O)Cc2nc(C)cs2)c(N)c1. The molecule has 1 aromatic carbocycles. The molecule has 17 heavy (non-hydrogen) atoms. The van der Waals surface area contributed by atoms with Crippen molar-refractivity contribution < 1.29 is 4.21 Å². The lowest BCUT2D eigenvalue weighted by molar-refractivity contribution is 0.682. The molecule has 1 aromatic heterocycles. The van der Waals surface area contributed by atoms with Crippen LogP contribution in [0.4, 0.5) is 5.69 Å². The van der Waals surface area contributed by atoms with Crippen molar-refractivity contribution in [2.75, 3.05) is 5.73 Å². The van der Waals surface area contributed by atoms with Crippen molar-refractivity contribution >= 4 is 27.8 Å². The number of hydrogen-bond donors (Lipinski definition) is 1. The van der Waals surface area contributed by atoms with Crippen LogP contribution in [-0.4, -0.2) is 9.19 Å². The lowest BCUT2D eigenvalue weighted by Crippen LogP contribution is -2.01. The quantitative estimate of drug-likeness (QED) is 0.869. The molecule has 2 rings (SSSR count). The van der Waals surface area contributed by atoms with Crippen LogP contribution in [0.2, 0.25) is 0 Å². The largest absolute Gasteiger partial charge is 0.398 e. The van der Waals surface area contributed by atoms with Crippen molar-refractivity contribution in [1.29, 1.82) is 0 Å². The third kappa shape index (κ3) is 2.92. The fraction of sp³-hybridized carbons (Fsp3) is 0.250. The molecule has 0 aliphatic heterocycles. The smallest absolute Gasteiger partial charge is 0.106 e. The molecule has 0 saturated carbocycles. The maximum Gasteiger partial charge on any atom is 0.106 e. The Bertz CT molecular complexity index is 563. The van der Waals surface area contributed by atoms with Crippen LogP contribution in [0.1, 0.15) is 16.3 Å². The van der Waals surface area contributed by atoms with E-state index in [-0.39, 0.29) is 0 Å². The highest BCUT2D eigenvalue weighted by Crippen LogP contribution is 2.21. The Morgan fingerprint density at radius 3 is 2.76 bits per heavy atom. The lowest BCUT2D eigenvalue weighted by Gasteiger charge is -2.05. The molecule has 3 nitrogen and oxygen atoms in total. The summed E-state index contributed by atoms with van der Waals surface area (Å²) in [4.78, 5) is 5.01. The minimum Gasteiger partial charge on any atom is -0.398 e. The van der Waals surface area contributed by atoms with Crippen LogP contribution in [0, 0.1) is 13.8 Å². The summed E-state index contributed by atoms with van der Waals surface area (Å²) in [5.41, 5.74) is 8.51. The first kappa shape index (κ1) is 12.3. The van der Waals surface area contributed by atoms with Gasteiger partial charge in [0.05, 0.1) is 21.4 Å². The van der Waals surface area contributed by atoms with Gasteiger partial charge in [-0.25, -0.2) is 4.98 Å². The fourth-order valence-corrected chi connectivity index (χ4v) is 3.67. The molecule has 0 amide bonds. The zero-order chi connectivity index (χ0) is 12.4. The number of nitrogens with zero attached hydrogens (tertiary/aromatic N) is 1. The minimum absolute atomic E-state index is 0.436. The highest BCUT2D eigenvalue weighted by Gasteiger charge is 2.10. The Kier molecular flexibility index (Phi) is 3.59. The molecule has 2 aromatic rings. The molecule has 0 saturated heterocycles. The van der Waals surface area contributed by atoms with Gasteiger partial charge in [0.2, 0.25) is 0 Å². The lowest BCUT2D eigenvalue weighted by atomic mass is 10.2. The monoisotopic (exact) mass is 266 g/mol. The van der Waals surface area contributed by atoms with E-state index < -0.39 is 10.8 Å². The molecule has 1 heterocycles. The fourth-order valence-electron chi connectivity index (χ4n) is 1.53. The van der Waals surface area contributed by atoms with Crippen LogP contribution in [0.15, 0.2) is 28.5 Å². The Morgan fingerprint density at radius 1 is 1.41 bits per heavy atom. The van der Waals surface area contributed by atoms with E-state index in [2.05, 4.69) is 4.98 Å². The van der Waals surface area contributed by atoms with Crippen LogP contribution in [0.5, 0.6) is 0 Å². The van der Waals surface area contributed by atoms with E-state index in [1.807, 2.05) is 37.4 Å². The molecule has 2 N–H and O–H groups in total. The van der Waals surface area contributed by atoms with Gasteiger partial charge in [-0.2, -0.15) is 0 Å². The van der Waals surface area contributed by atoms with Gasteiger partial charge in [-0.05, 0) is 31.5 Å². The molecule has 90 valence electrons. The summed E-state index contributed by atoms with van der Waals surface area (Å²) in [5, 5.41) is 2.85. The molecular weight excluding hydrogens is 252 g/mol. The summed E-state index contributed by atoms with van der Waals surface area (Å²) < 4.78 is 12.2. The summed E-state index contributed by atoms with van der Waals surface area (Å²) in [5.74, 6) is 0.436. The molecular formula is C12H14N2OS2. The molecule has 5 heteroatoms. The molecule has 0 aliphatic rings. The first-order valence-corrected chi connectivity index (χ1v) is 7.41. The van der Waals surface area contributed by atoms with Gasteiger partial charge in [0.1, 0.15) is 5.01 Å². The zero-order valence-corrected chi connectivity index (χ0v) is 11.4. The second-order valence-electron chi connectivity index (χ2n) is 3.91. The number of rotatable bonds is 3. The van der Waals surface area contributed by atoms with Gasteiger partial charge in [0.25, 0.3) is 0 Å². The van der Waals surface area contributed by atoms with Crippen molar-refractivity contribution in [3.8, 4) is 0 Å². The molecule has 0 radical (unpaired) electrons. The van der Waals surface area contributed by atoms with Crippen molar-refractivity contribution in [3.63, 3.8) is 0 Å².